The number of anilines is 2. The van der Waals surface area contributed by atoms with Crippen LogP contribution in [0.4, 0.5) is 11.8 Å². The average molecular weight is 507 g/mol. The lowest BCUT2D eigenvalue weighted by Gasteiger charge is -2.29. The smallest absolute Gasteiger partial charge is 0.227 e. The van der Waals surface area contributed by atoms with Gasteiger partial charge in [-0.2, -0.15) is 5.26 Å². The summed E-state index contributed by atoms with van der Waals surface area (Å²) >= 11 is 6.20. The zero-order valence-corrected chi connectivity index (χ0v) is 21.2. The molecule has 0 unspecified atom stereocenters. The monoisotopic (exact) mass is 506 g/mol. The highest BCUT2D eigenvalue weighted by molar-refractivity contribution is 6.33. The first-order valence-corrected chi connectivity index (χ1v) is 12.8. The van der Waals surface area contributed by atoms with Gasteiger partial charge in [0, 0.05) is 49.7 Å². The number of nitriles is 1. The number of halogens is 1. The Bertz CT molecular complexity index is 1200. The van der Waals surface area contributed by atoms with E-state index in [0.29, 0.717) is 42.6 Å². The second kappa shape index (κ2) is 12.5. The molecule has 10 heteroatoms. The Morgan fingerprint density at radius 2 is 1.94 bits per heavy atom. The Morgan fingerprint density at radius 1 is 1.17 bits per heavy atom. The van der Waals surface area contributed by atoms with Gasteiger partial charge in [0.25, 0.3) is 0 Å². The number of amides is 1. The molecule has 3 heterocycles. The van der Waals surface area contributed by atoms with E-state index in [4.69, 9.17) is 16.9 Å². The fraction of sp³-hybridized carbons (Fsp3) is 0.462. The van der Waals surface area contributed by atoms with Gasteiger partial charge < -0.3 is 15.5 Å². The number of rotatable bonds is 10. The number of hydrogen-bond donors (Lipinski definition) is 2. The predicted octanol–water partition coefficient (Wildman–Crippen LogP) is 4.46. The minimum atomic E-state index is -0.0129. The van der Waals surface area contributed by atoms with E-state index in [1.54, 1.807) is 23.5 Å². The van der Waals surface area contributed by atoms with Gasteiger partial charge in [-0.05, 0) is 62.3 Å². The van der Waals surface area contributed by atoms with Crippen LogP contribution in [0.25, 0.3) is 10.9 Å². The fourth-order valence-corrected chi connectivity index (χ4v) is 4.73. The van der Waals surface area contributed by atoms with Crippen molar-refractivity contribution in [1.29, 1.82) is 5.26 Å². The van der Waals surface area contributed by atoms with Crippen LogP contribution in [-0.4, -0.2) is 56.4 Å². The second-order valence-corrected chi connectivity index (χ2v) is 9.44. The summed E-state index contributed by atoms with van der Waals surface area (Å²) in [5, 5.41) is 17.0. The molecule has 0 aliphatic heterocycles. The van der Waals surface area contributed by atoms with E-state index in [1.165, 1.54) is 0 Å². The highest BCUT2D eigenvalue weighted by atomic mass is 35.5. The number of carbonyl (C=O) groups is 1. The molecule has 0 radical (unpaired) electrons. The summed E-state index contributed by atoms with van der Waals surface area (Å²) in [6.07, 6.45) is 9.99. The molecule has 0 spiro atoms. The maximum Gasteiger partial charge on any atom is 0.227 e. The number of hydrogen-bond acceptors (Lipinski definition) is 8. The van der Waals surface area contributed by atoms with E-state index in [9.17, 15) is 4.79 Å². The molecule has 1 aliphatic carbocycles. The zero-order valence-electron chi connectivity index (χ0n) is 20.5. The summed E-state index contributed by atoms with van der Waals surface area (Å²) in [5.74, 6) is 1.95. The highest BCUT2D eigenvalue weighted by Crippen LogP contribution is 2.27. The molecule has 188 valence electrons. The van der Waals surface area contributed by atoms with Crippen LogP contribution < -0.4 is 10.6 Å². The fourth-order valence-electron chi connectivity index (χ4n) is 4.52. The number of pyridine rings is 2. The molecule has 2 N–H and O–H groups in total. The van der Waals surface area contributed by atoms with Crippen molar-refractivity contribution in [3.05, 3.63) is 47.5 Å². The van der Waals surface area contributed by atoms with Gasteiger partial charge >= 0.3 is 0 Å². The molecule has 36 heavy (non-hydrogen) atoms. The Balaban J connectivity index is 1.20. The van der Waals surface area contributed by atoms with Gasteiger partial charge in [0.1, 0.15) is 11.3 Å². The van der Waals surface area contributed by atoms with Gasteiger partial charge in [0.05, 0.1) is 18.9 Å². The first-order valence-electron chi connectivity index (χ1n) is 12.4. The standard InChI is InChI=1S/C26H31ClN8O/c1-2-35(13-3-11-28)23(36)14-19-16-31-26(32-17-19)30-15-18-4-7-21(8-5-18)33-22-9-6-20-10-12-29-25(27)24(20)34-22/h6,9-10,12,16-18,21H,2-5,7-8,13-15H2,1H3,(H,33,34)(H,30,31,32). The number of aromatic nitrogens is 4. The van der Waals surface area contributed by atoms with Gasteiger partial charge in [-0.25, -0.2) is 19.9 Å². The summed E-state index contributed by atoms with van der Waals surface area (Å²) < 4.78 is 0. The van der Waals surface area contributed by atoms with Crippen LogP contribution in [0.2, 0.25) is 5.15 Å². The van der Waals surface area contributed by atoms with Gasteiger partial charge in [-0.3, -0.25) is 4.79 Å². The van der Waals surface area contributed by atoms with Crippen molar-refractivity contribution >= 4 is 40.2 Å². The predicted molar refractivity (Wildman–Crippen MR) is 141 cm³/mol. The molecule has 3 aromatic heterocycles. The van der Waals surface area contributed by atoms with E-state index in [2.05, 4.69) is 36.6 Å². The molecule has 0 atom stereocenters. The minimum Gasteiger partial charge on any atom is -0.367 e. The van der Waals surface area contributed by atoms with E-state index in [-0.39, 0.29) is 12.3 Å². The summed E-state index contributed by atoms with van der Waals surface area (Å²) in [7, 11) is 0. The number of likely N-dealkylation sites (N-methyl/N-ethyl adjacent to an activating group) is 1. The van der Waals surface area contributed by atoms with Crippen LogP contribution >= 0.6 is 11.6 Å². The van der Waals surface area contributed by atoms with Gasteiger partial charge in [-0.15, -0.1) is 0 Å². The molecule has 9 nitrogen and oxygen atoms in total. The van der Waals surface area contributed by atoms with E-state index in [0.717, 1.165) is 54.5 Å². The zero-order chi connectivity index (χ0) is 25.3. The lowest BCUT2D eigenvalue weighted by atomic mass is 9.86. The van der Waals surface area contributed by atoms with Crippen LogP contribution in [0.3, 0.4) is 0 Å². The first kappa shape index (κ1) is 25.6. The van der Waals surface area contributed by atoms with Crippen molar-refractivity contribution in [1.82, 2.24) is 24.8 Å². The molecule has 4 rings (SSSR count). The number of carbonyl (C=O) groups excluding carboxylic acids is 1. The van der Waals surface area contributed by atoms with E-state index < -0.39 is 0 Å². The molecule has 1 saturated carbocycles. The van der Waals surface area contributed by atoms with Crippen LogP contribution in [0.5, 0.6) is 0 Å². The molecular formula is C26H31ClN8O. The molecule has 1 fully saturated rings. The molecule has 1 amide bonds. The number of fused-ring (bicyclic) bond motifs is 1. The minimum absolute atomic E-state index is 0.0129. The van der Waals surface area contributed by atoms with Crippen molar-refractivity contribution in [3.8, 4) is 6.07 Å². The molecule has 3 aromatic rings. The van der Waals surface area contributed by atoms with Gasteiger partial charge in [-0.1, -0.05) is 11.6 Å². The third kappa shape index (κ3) is 6.79. The van der Waals surface area contributed by atoms with Crippen LogP contribution in [0, 0.1) is 17.2 Å². The van der Waals surface area contributed by atoms with Crippen molar-refractivity contribution < 1.29 is 4.79 Å². The largest absolute Gasteiger partial charge is 0.367 e. The summed E-state index contributed by atoms with van der Waals surface area (Å²) in [6.45, 7) is 3.77. The Kier molecular flexibility index (Phi) is 8.85. The molecule has 0 saturated heterocycles. The Hall–Kier alpha value is -3.51. The summed E-state index contributed by atoms with van der Waals surface area (Å²) in [5.41, 5.74) is 1.49. The Labute approximate surface area is 216 Å². The van der Waals surface area contributed by atoms with E-state index >= 15 is 0 Å². The van der Waals surface area contributed by atoms with Crippen molar-refractivity contribution in [2.45, 2.75) is 51.5 Å². The first-order chi connectivity index (χ1) is 17.6. The molecule has 0 aromatic carbocycles. The molecule has 0 bridgehead atoms. The summed E-state index contributed by atoms with van der Waals surface area (Å²) in [4.78, 5) is 31.6. The van der Waals surface area contributed by atoms with Crippen LogP contribution in [0.15, 0.2) is 36.8 Å². The lowest BCUT2D eigenvalue weighted by molar-refractivity contribution is -0.130. The maximum absolute atomic E-state index is 12.4. The number of nitrogens with one attached hydrogen (secondary N) is 2. The molecular weight excluding hydrogens is 476 g/mol. The second-order valence-electron chi connectivity index (χ2n) is 9.09. The van der Waals surface area contributed by atoms with Crippen LogP contribution in [0.1, 0.15) is 44.6 Å². The Morgan fingerprint density at radius 3 is 2.67 bits per heavy atom. The molecule has 1 aliphatic rings. The topological polar surface area (TPSA) is 120 Å². The average Bonchev–Trinajstić information content (AvgIpc) is 2.90. The highest BCUT2D eigenvalue weighted by Gasteiger charge is 2.22. The van der Waals surface area contributed by atoms with Crippen molar-refractivity contribution in [2.24, 2.45) is 5.92 Å². The van der Waals surface area contributed by atoms with Crippen LogP contribution in [-0.2, 0) is 11.2 Å². The SMILES string of the molecule is CCN(CCC#N)C(=O)Cc1cnc(NCC2CCC(Nc3ccc4ccnc(Cl)c4n3)CC2)nc1. The third-order valence-corrected chi connectivity index (χ3v) is 6.88. The van der Waals surface area contributed by atoms with E-state index in [1.807, 2.05) is 25.1 Å². The normalized spacial score (nSPS) is 17.4. The van der Waals surface area contributed by atoms with Crippen molar-refractivity contribution in [2.75, 3.05) is 30.3 Å². The quantitative estimate of drug-likeness (QED) is 0.387. The lowest BCUT2D eigenvalue weighted by Crippen LogP contribution is -2.33. The van der Waals surface area contributed by atoms with Gasteiger partial charge in [0.15, 0.2) is 5.15 Å². The summed E-state index contributed by atoms with van der Waals surface area (Å²) in [6, 6.07) is 8.38. The maximum atomic E-state index is 12.4. The van der Waals surface area contributed by atoms with Crippen molar-refractivity contribution in [3.63, 3.8) is 0 Å². The van der Waals surface area contributed by atoms with Gasteiger partial charge in [0.2, 0.25) is 11.9 Å². The number of nitrogens with zero attached hydrogens (tertiary/aromatic N) is 6. The third-order valence-electron chi connectivity index (χ3n) is 6.60.